The molecule has 4 heterocycles. The van der Waals surface area contributed by atoms with Crippen molar-refractivity contribution < 1.29 is 9.53 Å². The Morgan fingerprint density at radius 2 is 2.23 bits per heavy atom. The molecular weight excluding hydrogens is 334 g/mol. The molecule has 0 saturated carbocycles. The number of amides is 1. The number of rotatable bonds is 3. The Morgan fingerprint density at radius 3 is 3.00 bits per heavy atom. The van der Waals surface area contributed by atoms with Crippen molar-refractivity contribution in [1.82, 2.24) is 24.8 Å². The lowest BCUT2D eigenvalue weighted by Gasteiger charge is -2.33. The van der Waals surface area contributed by atoms with Gasteiger partial charge < -0.3 is 14.6 Å². The van der Waals surface area contributed by atoms with E-state index in [1.165, 1.54) is 6.07 Å². The molecule has 0 radical (unpaired) electrons. The Kier molecular flexibility index (Phi) is 4.75. The summed E-state index contributed by atoms with van der Waals surface area (Å²) in [5.74, 6) is 0.586. The number of carbonyl (C=O) groups is 1. The summed E-state index contributed by atoms with van der Waals surface area (Å²) in [6.45, 7) is 2.52. The molecule has 0 aromatic carbocycles. The molecule has 2 saturated heterocycles. The van der Waals surface area contributed by atoms with Gasteiger partial charge in [-0.1, -0.05) is 0 Å². The molecule has 4 rings (SSSR count). The van der Waals surface area contributed by atoms with E-state index in [0.29, 0.717) is 37.0 Å². The van der Waals surface area contributed by atoms with Crippen LogP contribution in [0.1, 0.15) is 30.9 Å². The number of hydrogen-bond acceptors (Lipinski definition) is 6. The molecule has 8 nitrogen and oxygen atoms in total. The number of nitrogens with one attached hydrogen (secondary N) is 1. The van der Waals surface area contributed by atoms with Gasteiger partial charge in [0.2, 0.25) is 5.91 Å². The number of piperidine rings is 1. The molecule has 2 aliphatic rings. The first kappa shape index (κ1) is 16.8. The molecule has 26 heavy (non-hydrogen) atoms. The lowest BCUT2D eigenvalue weighted by molar-refractivity contribution is -0.136. The number of aromatic amines is 1. The van der Waals surface area contributed by atoms with Crippen LogP contribution in [0.4, 0.5) is 0 Å². The van der Waals surface area contributed by atoms with Crippen molar-refractivity contribution in [1.29, 1.82) is 0 Å². The fourth-order valence-corrected chi connectivity index (χ4v) is 3.63. The van der Waals surface area contributed by atoms with Crippen molar-refractivity contribution in [2.45, 2.75) is 25.2 Å². The van der Waals surface area contributed by atoms with Crippen molar-refractivity contribution in [2.24, 2.45) is 5.92 Å². The van der Waals surface area contributed by atoms with Gasteiger partial charge in [0.15, 0.2) is 5.82 Å². The number of hydrogen-bond donors (Lipinski definition) is 1. The first-order valence-corrected chi connectivity index (χ1v) is 8.95. The molecule has 2 aromatic heterocycles. The highest BCUT2D eigenvalue weighted by atomic mass is 16.5. The van der Waals surface area contributed by atoms with Crippen molar-refractivity contribution >= 4 is 5.91 Å². The molecule has 2 fully saturated rings. The molecule has 8 heteroatoms. The van der Waals surface area contributed by atoms with Gasteiger partial charge in [-0.15, -0.1) is 0 Å². The maximum absolute atomic E-state index is 12.7. The standard InChI is InChI=1S/C18H21N5O3/c24-16-8-14(21-17(22-16)15-9-19-4-5-20-15)12-2-1-6-23(10-12)18(25)13-3-7-26-11-13/h4-5,8-9,12-13H,1-3,6-7,10-11H2,(H,21,22,24)/t12-,13+/m0/s1. The van der Waals surface area contributed by atoms with E-state index in [1.807, 2.05) is 4.90 Å². The van der Waals surface area contributed by atoms with Gasteiger partial charge >= 0.3 is 0 Å². The van der Waals surface area contributed by atoms with Gasteiger partial charge in [-0.05, 0) is 19.3 Å². The van der Waals surface area contributed by atoms with E-state index in [4.69, 9.17) is 4.74 Å². The van der Waals surface area contributed by atoms with Gasteiger partial charge in [0.25, 0.3) is 5.56 Å². The lowest BCUT2D eigenvalue weighted by Crippen LogP contribution is -2.42. The Labute approximate surface area is 150 Å². The predicted molar refractivity (Wildman–Crippen MR) is 93.4 cm³/mol. The molecule has 2 atom stereocenters. The average molecular weight is 355 g/mol. The second-order valence-corrected chi connectivity index (χ2v) is 6.79. The topological polar surface area (TPSA) is 101 Å². The molecule has 2 aliphatic heterocycles. The number of likely N-dealkylation sites (tertiary alicyclic amines) is 1. The minimum atomic E-state index is -0.219. The van der Waals surface area contributed by atoms with Crippen LogP contribution in [0.3, 0.4) is 0 Å². The Balaban J connectivity index is 1.56. The molecule has 0 bridgehead atoms. The monoisotopic (exact) mass is 355 g/mol. The quantitative estimate of drug-likeness (QED) is 0.880. The van der Waals surface area contributed by atoms with Crippen LogP contribution in [0, 0.1) is 5.92 Å². The summed E-state index contributed by atoms with van der Waals surface area (Å²) in [6.07, 6.45) is 7.30. The molecule has 1 N–H and O–H groups in total. The first-order valence-electron chi connectivity index (χ1n) is 8.95. The van der Waals surface area contributed by atoms with E-state index in [-0.39, 0.29) is 23.3 Å². The summed E-state index contributed by atoms with van der Waals surface area (Å²) in [5.41, 5.74) is 1.01. The van der Waals surface area contributed by atoms with Crippen LogP contribution in [0.5, 0.6) is 0 Å². The zero-order valence-corrected chi connectivity index (χ0v) is 14.4. The third-order valence-electron chi connectivity index (χ3n) is 5.00. The van der Waals surface area contributed by atoms with Crippen LogP contribution in [-0.2, 0) is 9.53 Å². The summed E-state index contributed by atoms with van der Waals surface area (Å²) in [7, 11) is 0. The van der Waals surface area contributed by atoms with Crippen molar-refractivity contribution in [3.05, 3.63) is 40.7 Å². The van der Waals surface area contributed by atoms with Crippen LogP contribution in [-0.4, -0.2) is 57.0 Å². The summed E-state index contributed by atoms with van der Waals surface area (Å²) in [5, 5.41) is 0. The summed E-state index contributed by atoms with van der Waals surface area (Å²) in [4.78, 5) is 42.2. The average Bonchev–Trinajstić information content (AvgIpc) is 3.22. The van der Waals surface area contributed by atoms with Crippen molar-refractivity contribution in [3.8, 4) is 11.5 Å². The zero-order valence-electron chi connectivity index (χ0n) is 14.4. The molecule has 1 amide bonds. The number of H-pyrrole nitrogens is 1. The van der Waals surface area contributed by atoms with Gasteiger partial charge in [0, 0.05) is 44.1 Å². The second kappa shape index (κ2) is 7.33. The minimum absolute atomic E-state index is 0.0314. The third-order valence-corrected chi connectivity index (χ3v) is 5.00. The Hall–Kier alpha value is -2.61. The first-order chi connectivity index (χ1) is 12.7. The smallest absolute Gasteiger partial charge is 0.251 e. The van der Waals surface area contributed by atoms with Gasteiger partial charge in [-0.25, -0.2) is 9.97 Å². The van der Waals surface area contributed by atoms with Crippen LogP contribution >= 0.6 is 0 Å². The fourth-order valence-electron chi connectivity index (χ4n) is 3.63. The molecule has 136 valence electrons. The van der Waals surface area contributed by atoms with Crippen LogP contribution < -0.4 is 5.56 Å². The van der Waals surface area contributed by atoms with E-state index in [9.17, 15) is 9.59 Å². The lowest BCUT2D eigenvalue weighted by atomic mass is 9.93. The van der Waals surface area contributed by atoms with Gasteiger partial charge in [-0.2, -0.15) is 0 Å². The van der Waals surface area contributed by atoms with E-state index in [1.54, 1.807) is 18.6 Å². The van der Waals surface area contributed by atoms with Crippen LogP contribution in [0.2, 0.25) is 0 Å². The number of nitrogens with zero attached hydrogens (tertiary/aromatic N) is 4. The summed E-state index contributed by atoms with van der Waals surface area (Å²) in [6, 6.07) is 1.52. The highest BCUT2D eigenvalue weighted by molar-refractivity contribution is 5.79. The maximum Gasteiger partial charge on any atom is 0.251 e. The molecule has 0 unspecified atom stereocenters. The third kappa shape index (κ3) is 3.50. The molecule has 0 aliphatic carbocycles. The number of ether oxygens (including phenoxy) is 1. The van der Waals surface area contributed by atoms with Crippen molar-refractivity contribution in [2.75, 3.05) is 26.3 Å². The van der Waals surface area contributed by atoms with Crippen LogP contribution in [0.25, 0.3) is 11.5 Å². The largest absolute Gasteiger partial charge is 0.381 e. The minimum Gasteiger partial charge on any atom is -0.381 e. The normalized spacial score (nSPS) is 23.2. The Bertz CT molecular complexity index is 832. The SMILES string of the molecule is O=C([C@@H]1CCOC1)N1CCC[C@H](c2cc(=O)[nH]c(-c3cnccn3)n2)C1. The molecule has 2 aromatic rings. The van der Waals surface area contributed by atoms with Crippen molar-refractivity contribution in [3.63, 3.8) is 0 Å². The van der Waals surface area contributed by atoms with E-state index >= 15 is 0 Å². The number of carbonyl (C=O) groups excluding carboxylic acids is 1. The zero-order chi connectivity index (χ0) is 17.9. The molecular formula is C18H21N5O3. The highest BCUT2D eigenvalue weighted by Gasteiger charge is 2.32. The summed E-state index contributed by atoms with van der Waals surface area (Å²) >= 11 is 0. The predicted octanol–water partition coefficient (Wildman–Crippen LogP) is 0.969. The number of aromatic nitrogens is 4. The van der Waals surface area contributed by atoms with E-state index in [0.717, 1.165) is 25.8 Å². The molecule has 0 spiro atoms. The fraction of sp³-hybridized carbons (Fsp3) is 0.500. The summed E-state index contributed by atoms with van der Waals surface area (Å²) < 4.78 is 5.34. The highest BCUT2D eigenvalue weighted by Crippen LogP contribution is 2.28. The van der Waals surface area contributed by atoms with E-state index in [2.05, 4.69) is 19.9 Å². The van der Waals surface area contributed by atoms with Gasteiger partial charge in [0.1, 0.15) is 5.69 Å². The Morgan fingerprint density at radius 1 is 1.31 bits per heavy atom. The van der Waals surface area contributed by atoms with E-state index < -0.39 is 0 Å². The maximum atomic E-state index is 12.7. The van der Waals surface area contributed by atoms with Gasteiger partial charge in [0.05, 0.1) is 24.4 Å². The van der Waals surface area contributed by atoms with Gasteiger partial charge in [-0.3, -0.25) is 14.6 Å². The second-order valence-electron chi connectivity index (χ2n) is 6.79. The van der Waals surface area contributed by atoms with Crippen LogP contribution in [0.15, 0.2) is 29.5 Å².